The summed E-state index contributed by atoms with van der Waals surface area (Å²) in [6.07, 6.45) is 8.24. The van der Waals surface area contributed by atoms with Crippen molar-refractivity contribution >= 4 is 16.7 Å². The van der Waals surface area contributed by atoms with Crippen molar-refractivity contribution in [2.75, 3.05) is 7.11 Å². The highest BCUT2D eigenvalue weighted by Gasteiger charge is 2.36. The molecular weight excluding hydrogens is 358 g/mol. The third-order valence-corrected chi connectivity index (χ3v) is 7.20. The molecule has 2 aromatic carbocycles. The Kier molecular flexibility index (Phi) is 5.39. The molecule has 0 aromatic heterocycles. The molecule has 4 heteroatoms. The summed E-state index contributed by atoms with van der Waals surface area (Å²) in [7, 11) is 1.25. The van der Waals surface area contributed by atoms with Crippen molar-refractivity contribution in [3.05, 3.63) is 47.0 Å². The van der Waals surface area contributed by atoms with Gasteiger partial charge in [-0.15, -0.1) is 0 Å². The number of esters is 1. The number of ether oxygens (including phenoxy) is 1. The summed E-state index contributed by atoms with van der Waals surface area (Å²) < 4.78 is 34.6. The normalized spacial score (nSPS) is 27.4. The van der Waals surface area contributed by atoms with E-state index in [-0.39, 0.29) is 16.9 Å². The highest BCUT2D eigenvalue weighted by Crippen LogP contribution is 2.48. The predicted molar refractivity (Wildman–Crippen MR) is 106 cm³/mol. The van der Waals surface area contributed by atoms with Crippen LogP contribution in [0.1, 0.15) is 73.7 Å². The first-order chi connectivity index (χ1) is 13.5. The van der Waals surface area contributed by atoms with E-state index in [0.29, 0.717) is 16.9 Å². The highest BCUT2D eigenvalue weighted by molar-refractivity contribution is 5.96. The predicted octanol–water partition coefficient (Wildman–Crippen LogP) is 6.61. The number of carbonyl (C=O) groups excluding carboxylic acids is 1. The molecule has 0 aliphatic heterocycles. The van der Waals surface area contributed by atoms with Crippen molar-refractivity contribution in [3.63, 3.8) is 0 Å². The average Bonchev–Trinajstić information content (AvgIpc) is 2.72. The molecule has 4 rings (SSSR count). The van der Waals surface area contributed by atoms with Crippen molar-refractivity contribution in [2.24, 2.45) is 17.8 Å². The second-order valence-electron chi connectivity index (χ2n) is 8.63. The molecule has 2 aliphatic carbocycles. The topological polar surface area (TPSA) is 26.3 Å². The van der Waals surface area contributed by atoms with Gasteiger partial charge in [0.05, 0.1) is 18.1 Å². The van der Waals surface area contributed by atoms with Crippen LogP contribution >= 0.6 is 0 Å². The first-order valence-electron chi connectivity index (χ1n) is 10.5. The molecule has 0 radical (unpaired) electrons. The zero-order valence-electron chi connectivity index (χ0n) is 16.6. The number of halogens is 2. The molecule has 0 spiro atoms. The maximum Gasteiger partial charge on any atom is 0.337 e. The van der Waals surface area contributed by atoms with Gasteiger partial charge in [0.15, 0.2) is 0 Å². The first kappa shape index (κ1) is 19.4. The van der Waals surface area contributed by atoms with Gasteiger partial charge in [0.1, 0.15) is 11.6 Å². The van der Waals surface area contributed by atoms with E-state index in [1.54, 1.807) is 12.1 Å². The lowest BCUT2D eigenvalue weighted by Gasteiger charge is -2.42. The second-order valence-corrected chi connectivity index (χ2v) is 8.63. The average molecular weight is 386 g/mol. The summed E-state index contributed by atoms with van der Waals surface area (Å²) in [5, 5.41) is 0.390. The fourth-order valence-electron chi connectivity index (χ4n) is 5.58. The van der Waals surface area contributed by atoms with E-state index >= 15 is 4.39 Å². The molecule has 2 aromatic rings. The Morgan fingerprint density at radius 3 is 2.57 bits per heavy atom. The highest BCUT2D eigenvalue weighted by atomic mass is 19.1. The number of carbonyl (C=O) groups is 1. The van der Waals surface area contributed by atoms with Gasteiger partial charge in [-0.1, -0.05) is 31.9 Å². The van der Waals surface area contributed by atoms with Gasteiger partial charge in [-0.2, -0.15) is 0 Å². The van der Waals surface area contributed by atoms with Crippen LogP contribution in [-0.2, 0) is 4.74 Å². The Labute approximate surface area is 165 Å². The summed E-state index contributed by atoms with van der Waals surface area (Å²) in [5.74, 6) is 0.676. The summed E-state index contributed by atoms with van der Waals surface area (Å²) in [6.45, 7) is 2.28. The fraction of sp³-hybridized carbons (Fsp3) is 0.542. The molecule has 150 valence electrons. The number of benzene rings is 2. The third-order valence-electron chi connectivity index (χ3n) is 7.20. The van der Waals surface area contributed by atoms with Gasteiger partial charge in [-0.3, -0.25) is 0 Å². The smallest absolute Gasteiger partial charge is 0.337 e. The Hall–Kier alpha value is -1.97. The molecule has 0 amide bonds. The molecule has 0 saturated heterocycles. The van der Waals surface area contributed by atoms with Gasteiger partial charge < -0.3 is 4.74 Å². The number of fused-ring (bicyclic) bond motifs is 2. The number of methoxy groups -OCH3 is 1. The standard InChI is InChI=1S/C24H28F2O2/c1-3-14-4-5-16-11-17(7-6-15(16)10-14)20-9-8-18-12-19(24(27)28-2)13-21(25)22(18)23(20)26/h8-9,12-17H,3-7,10-11H2,1-2H3. The SMILES string of the molecule is CCC1CCC2CC(c3ccc4cc(C(=O)OC)cc(F)c4c3F)CCC2C1. The number of hydrogen-bond acceptors (Lipinski definition) is 2. The lowest BCUT2D eigenvalue weighted by Crippen LogP contribution is -2.30. The number of hydrogen-bond donors (Lipinski definition) is 0. The van der Waals surface area contributed by atoms with Crippen molar-refractivity contribution in [1.82, 2.24) is 0 Å². The van der Waals surface area contributed by atoms with Gasteiger partial charge in [0.25, 0.3) is 0 Å². The maximum atomic E-state index is 15.3. The van der Waals surface area contributed by atoms with Crippen LogP contribution in [0.3, 0.4) is 0 Å². The van der Waals surface area contributed by atoms with E-state index in [2.05, 4.69) is 11.7 Å². The Bertz CT molecular complexity index is 892. The summed E-state index contributed by atoms with van der Waals surface area (Å²) in [4.78, 5) is 11.7. The first-order valence-corrected chi connectivity index (χ1v) is 10.5. The van der Waals surface area contributed by atoms with Crippen LogP contribution in [0, 0.1) is 29.4 Å². The Morgan fingerprint density at radius 2 is 1.82 bits per heavy atom. The molecule has 2 fully saturated rings. The number of rotatable bonds is 3. The minimum Gasteiger partial charge on any atom is -0.465 e. The third kappa shape index (κ3) is 3.42. The van der Waals surface area contributed by atoms with Crippen LogP contribution in [0.5, 0.6) is 0 Å². The molecule has 4 atom stereocenters. The summed E-state index contributed by atoms with van der Waals surface area (Å²) >= 11 is 0. The maximum absolute atomic E-state index is 15.3. The summed E-state index contributed by atoms with van der Waals surface area (Å²) in [6, 6.07) is 6.11. The molecule has 0 bridgehead atoms. The van der Waals surface area contributed by atoms with Crippen LogP contribution in [-0.4, -0.2) is 13.1 Å². The monoisotopic (exact) mass is 386 g/mol. The zero-order valence-corrected chi connectivity index (χ0v) is 16.6. The van der Waals surface area contributed by atoms with Crippen molar-refractivity contribution < 1.29 is 18.3 Å². The van der Waals surface area contributed by atoms with Gasteiger partial charge in [-0.05, 0) is 78.9 Å². The molecule has 28 heavy (non-hydrogen) atoms. The van der Waals surface area contributed by atoms with E-state index < -0.39 is 17.6 Å². The van der Waals surface area contributed by atoms with Crippen LogP contribution in [0.25, 0.3) is 10.8 Å². The quantitative estimate of drug-likeness (QED) is 0.555. The molecule has 2 saturated carbocycles. The van der Waals surface area contributed by atoms with Gasteiger partial charge in [-0.25, -0.2) is 13.6 Å². The van der Waals surface area contributed by atoms with Crippen molar-refractivity contribution in [2.45, 2.75) is 57.8 Å². The molecular formula is C24H28F2O2. The fourth-order valence-corrected chi connectivity index (χ4v) is 5.58. The largest absolute Gasteiger partial charge is 0.465 e. The molecule has 0 heterocycles. The summed E-state index contributed by atoms with van der Waals surface area (Å²) in [5.41, 5.74) is 0.737. The van der Waals surface area contributed by atoms with Crippen LogP contribution in [0.2, 0.25) is 0 Å². The van der Waals surface area contributed by atoms with E-state index in [9.17, 15) is 9.18 Å². The van der Waals surface area contributed by atoms with Crippen LogP contribution in [0.4, 0.5) is 8.78 Å². The minimum absolute atomic E-state index is 0.0121. The van der Waals surface area contributed by atoms with E-state index in [4.69, 9.17) is 0 Å². The lowest BCUT2D eigenvalue weighted by atomic mass is 9.63. The van der Waals surface area contributed by atoms with E-state index in [0.717, 1.165) is 37.2 Å². The Morgan fingerprint density at radius 1 is 1.07 bits per heavy atom. The molecule has 0 N–H and O–H groups in total. The van der Waals surface area contributed by atoms with Gasteiger partial charge in [0, 0.05) is 0 Å². The van der Waals surface area contributed by atoms with Gasteiger partial charge >= 0.3 is 5.97 Å². The second kappa shape index (κ2) is 7.81. The molecule has 2 aliphatic rings. The van der Waals surface area contributed by atoms with Crippen LogP contribution in [0.15, 0.2) is 24.3 Å². The lowest BCUT2D eigenvalue weighted by molar-refractivity contribution is 0.0600. The van der Waals surface area contributed by atoms with E-state index in [1.807, 2.05) is 0 Å². The Balaban J connectivity index is 1.62. The van der Waals surface area contributed by atoms with Crippen LogP contribution < -0.4 is 0 Å². The van der Waals surface area contributed by atoms with Gasteiger partial charge in [0.2, 0.25) is 0 Å². The zero-order chi connectivity index (χ0) is 19.8. The van der Waals surface area contributed by atoms with Crippen molar-refractivity contribution in [1.29, 1.82) is 0 Å². The van der Waals surface area contributed by atoms with Crippen molar-refractivity contribution in [3.8, 4) is 0 Å². The minimum atomic E-state index is -0.700. The molecule has 4 unspecified atom stereocenters. The van der Waals surface area contributed by atoms with E-state index in [1.165, 1.54) is 38.9 Å². The molecule has 2 nitrogen and oxygen atoms in total.